The van der Waals surface area contributed by atoms with Gasteiger partial charge in [-0.3, -0.25) is 4.79 Å². The second kappa shape index (κ2) is 6.83. The van der Waals surface area contributed by atoms with Crippen LogP contribution in [-0.2, 0) is 9.53 Å². The Hall–Kier alpha value is -0.650. The number of hydrogen-bond acceptors (Lipinski definition) is 4. The predicted octanol–water partition coefficient (Wildman–Crippen LogP) is -0.569. The fraction of sp³-hybridized carbons (Fsp3) is 0.909. The van der Waals surface area contributed by atoms with E-state index in [0.717, 1.165) is 26.2 Å². The minimum absolute atomic E-state index is 0.0710. The molecule has 1 aliphatic rings. The Labute approximate surface area is 97.5 Å². The van der Waals surface area contributed by atoms with E-state index in [9.17, 15) is 4.79 Å². The molecule has 2 unspecified atom stereocenters. The lowest BCUT2D eigenvalue weighted by atomic mass is 10.2. The van der Waals surface area contributed by atoms with Crippen molar-refractivity contribution in [3.05, 3.63) is 0 Å². The van der Waals surface area contributed by atoms with E-state index in [1.165, 1.54) is 0 Å². The Balaban J connectivity index is 2.15. The SMILES string of the molecule is CNC(=O)CC(C)NCC1CN(C)CCO1. The Morgan fingerprint density at radius 1 is 1.62 bits per heavy atom. The molecule has 94 valence electrons. The molecule has 0 aliphatic carbocycles. The first-order valence-corrected chi connectivity index (χ1v) is 5.86. The van der Waals surface area contributed by atoms with Crippen LogP contribution < -0.4 is 10.6 Å². The summed E-state index contributed by atoms with van der Waals surface area (Å²) in [4.78, 5) is 13.4. The van der Waals surface area contributed by atoms with Gasteiger partial charge in [-0.05, 0) is 14.0 Å². The molecule has 0 radical (unpaired) electrons. The van der Waals surface area contributed by atoms with Crippen LogP contribution in [0, 0.1) is 0 Å². The van der Waals surface area contributed by atoms with Gasteiger partial charge in [0.05, 0.1) is 12.7 Å². The summed E-state index contributed by atoms with van der Waals surface area (Å²) in [7, 11) is 3.76. The number of morpholine rings is 1. The van der Waals surface area contributed by atoms with E-state index in [2.05, 4.69) is 22.6 Å². The molecule has 1 rings (SSSR count). The van der Waals surface area contributed by atoms with Crippen LogP contribution in [0.15, 0.2) is 0 Å². The van der Waals surface area contributed by atoms with Gasteiger partial charge in [0.15, 0.2) is 0 Å². The minimum atomic E-state index is 0.0710. The van der Waals surface area contributed by atoms with Crippen LogP contribution in [0.3, 0.4) is 0 Å². The molecular formula is C11H23N3O2. The third-order valence-electron chi connectivity index (χ3n) is 2.81. The lowest BCUT2D eigenvalue weighted by Crippen LogP contribution is -2.46. The maximum absolute atomic E-state index is 11.1. The largest absolute Gasteiger partial charge is 0.374 e. The lowest BCUT2D eigenvalue weighted by molar-refractivity contribution is -0.121. The van der Waals surface area contributed by atoms with E-state index < -0.39 is 0 Å². The van der Waals surface area contributed by atoms with Crippen molar-refractivity contribution in [2.24, 2.45) is 0 Å². The molecule has 1 saturated heterocycles. The number of likely N-dealkylation sites (N-methyl/N-ethyl adjacent to an activating group) is 1. The van der Waals surface area contributed by atoms with Gasteiger partial charge in [0.2, 0.25) is 5.91 Å². The zero-order chi connectivity index (χ0) is 12.0. The normalized spacial score (nSPS) is 24.1. The lowest BCUT2D eigenvalue weighted by Gasteiger charge is -2.30. The fourth-order valence-corrected chi connectivity index (χ4v) is 1.78. The highest BCUT2D eigenvalue weighted by Gasteiger charge is 2.18. The highest BCUT2D eigenvalue weighted by Crippen LogP contribution is 2.02. The van der Waals surface area contributed by atoms with Gasteiger partial charge in [-0.25, -0.2) is 0 Å². The van der Waals surface area contributed by atoms with Gasteiger partial charge in [0.25, 0.3) is 0 Å². The summed E-state index contributed by atoms with van der Waals surface area (Å²) in [6, 6.07) is 0.191. The maximum Gasteiger partial charge on any atom is 0.221 e. The molecule has 2 N–H and O–H groups in total. The summed E-state index contributed by atoms with van der Waals surface area (Å²) in [5.41, 5.74) is 0. The van der Waals surface area contributed by atoms with Crippen LogP contribution in [-0.4, -0.2) is 63.3 Å². The summed E-state index contributed by atoms with van der Waals surface area (Å²) in [6.45, 7) is 5.58. The van der Waals surface area contributed by atoms with Crippen LogP contribution in [0.1, 0.15) is 13.3 Å². The standard InChI is InChI=1S/C11H23N3O2/c1-9(6-11(15)12-2)13-7-10-8-14(3)4-5-16-10/h9-10,13H,4-8H2,1-3H3,(H,12,15). The first kappa shape index (κ1) is 13.4. The summed E-state index contributed by atoms with van der Waals surface area (Å²) < 4.78 is 5.63. The van der Waals surface area contributed by atoms with E-state index in [1.807, 2.05) is 6.92 Å². The quantitative estimate of drug-likeness (QED) is 0.663. The van der Waals surface area contributed by atoms with Crippen molar-refractivity contribution in [1.82, 2.24) is 15.5 Å². The van der Waals surface area contributed by atoms with Crippen molar-refractivity contribution >= 4 is 5.91 Å². The van der Waals surface area contributed by atoms with Crippen molar-refractivity contribution < 1.29 is 9.53 Å². The Morgan fingerprint density at radius 2 is 2.38 bits per heavy atom. The van der Waals surface area contributed by atoms with Gasteiger partial charge < -0.3 is 20.3 Å². The highest BCUT2D eigenvalue weighted by molar-refractivity contribution is 5.76. The van der Waals surface area contributed by atoms with Crippen LogP contribution in [0.5, 0.6) is 0 Å². The fourth-order valence-electron chi connectivity index (χ4n) is 1.78. The smallest absolute Gasteiger partial charge is 0.221 e. The zero-order valence-corrected chi connectivity index (χ0v) is 10.5. The molecule has 5 nitrogen and oxygen atoms in total. The van der Waals surface area contributed by atoms with Crippen molar-refractivity contribution in [1.29, 1.82) is 0 Å². The van der Waals surface area contributed by atoms with E-state index in [-0.39, 0.29) is 18.1 Å². The minimum Gasteiger partial charge on any atom is -0.374 e. The van der Waals surface area contributed by atoms with Gasteiger partial charge in [-0.2, -0.15) is 0 Å². The molecule has 5 heteroatoms. The van der Waals surface area contributed by atoms with Gasteiger partial charge in [-0.15, -0.1) is 0 Å². The number of ether oxygens (including phenoxy) is 1. The molecule has 0 aromatic heterocycles. The number of carbonyl (C=O) groups excluding carboxylic acids is 1. The number of nitrogens with zero attached hydrogens (tertiary/aromatic N) is 1. The molecule has 1 fully saturated rings. The number of nitrogens with one attached hydrogen (secondary N) is 2. The van der Waals surface area contributed by atoms with E-state index >= 15 is 0 Å². The Bertz CT molecular complexity index is 223. The third-order valence-corrected chi connectivity index (χ3v) is 2.81. The van der Waals surface area contributed by atoms with Gasteiger partial charge >= 0.3 is 0 Å². The molecule has 16 heavy (non-hydrogen) atoms. The number of rotatable bonds is 5. The van der Waals surface area contributed by atoms with E-state index in [0.29, 0.717) is 6.42 Å². The molecule has 0 spiro atoms. The van der Waals surface area contributed by atoms with Crippen LogP contribution >= 0.6 is 0 Å². The second-order valence-corrected chi connectivity index (χ2v) is 4.44. The molecular weight excluding hydrogens is 206 g/mol. The van der Waals surface area contributed by atoms with E-state index in [1.54, 1.807) is 7.05 Å². The molecule has 1 aliphatic heterocycles. The number of carbonyl (C=O) groups is 1. The first-order valence-electron chi connectivity index (χ1n) is 5.86. The predicted molar refractivity (Wildman–Crippen MR) is 63.4 cm³/mol. The van der Waals surface area contributed by atoms with Crippen molar-refractivity contribution in [2.75, 3.05) is 40.3 Å². The van der Waals surface area contributed by atoms with Crippen LogP contribution in [0.2, 0.25) is 0 Å². The highest BCUT2D eigenvalue weighted by atomic mass is 16.5. The number of hydrogen-bond donors (Lipinski definition) is 2. The third kappa shape index (κ3) is 4.92. The Morgan fingerprint density at radius 3 is 3.00 bits per heavy atom. The molecule has 0 aromatic rings. The van der Waals surface area contributed by atoms with Gasteiger partial charge in [0, 0.05) is 39.1 Å². The summed E-state index contributed by atoms with van der Waals surface area (Å²) in [6.07, 6.45) is 0.755. The molecule has 0 bridgehead atoms. The summed E-state index contributed by atoms with van der Waals surface area (Å²) in [5, 5.41) is 5.95. The molecule has 1 heterocycles. The van der Waals surface area contributed by atoms with Crippen molar-refractivity contribution in [3.8, 4) is 0 Å². The average molecular weight is 229 g/mol. The topological polar surface area (TPSA) is 53.6 Å². The molecule has 0 aromatic carbocycles. The van der Waals surface area contributed by atoms with Gasteiger partial charge in [-0.1, -0.05) is 0 Å². The average Bonchev–Trinajstić information content (AvgIpc) is 2.26. The van der Waals surface area contributed by atoms with Crippen LogP contribution in [0.25, 0.3) is 0 Å². The maximum atomic E-state index is 11.1. The van der Waals surface area contributed by atoms with E-state index in [4.69, 9.17) is 4.74 Å². The van der Waals surface area contributed by atoms with Crippen LogP contribution in [0.4, 0.5) is 0 Å². The summed E-state index contributed by atoms with van der Waals surface area (Å²) in [5.74, 6) is 0.0710. The van der Waals surface area contributed by atoms with Gasteiger partial charge in [0.1, 0.15) is 0 Å². The summed E-state index contributed by atoms with van der Waals surface area (Å²) >= 11 is 0. The molecule has 1 amide bonds. The van der Waals surface area contributed by atoms with Crippen molar-refractivity contribution in [3.63, 3.8) is 0 Å². The second-order valence-electron chi connectivity index (χ2n) is 4.44. The Kier molecular flexibility index (Phi) is 5.73. The zero-order valence-electron chi connectivity index (χ0n) is 10.5. The molecule has 0 saturated carbocycles. The number of amides is 1. The first-order chi connectivity index (χ1) is 7.61. The molecule has 2 atom stereocenters. The van der Waals surface area contributed by atoms with Crippen molar-refractivity contribution in [2.45, 2.75) is 25.5 Å². The monoisotopic (exact) mass is 229 g/mol.